The second kappa shape index (κ2) is 7.13. The molecule has 1 amide bonds. The Morgan fingerprint density at radius 3 is 2.53 bits per heavy atom. The summed E-state index contributed by atoms with van der Waals surface area (Å²) in [6.07, 6.45) is 9.91. The largest absolute Gasteiger partial charge is 0.366 e. The van der Waals surface area contributed by atoms with Crippen LogP contribution in [0.2, 0.25) is 0 Å². The van der Waals surface area contributed by atoms with Crippen LogP contribution in [-0.4, -0.2) is 5.91 Å². The van der Waals surface area contributed by atoms with E-state index in [0.29, 0.717) is 5.92 Å². The van der Waals surface area contributed by atoms with Crippen molar-refractivity contribution in [1.82, 2.24) is 0 Å². The van der Waals surface area contributed by atoms with Gasteiger partial charge < -0.3 is 5.73 Å². The van der Waals surface area contributed by atoms with Gasteiger partial charge >= 0.3 is 0 Å². The molecule has 1 aliphatic carbocycles. The van der Waals surface area contributed by atoms with E-state index in [1.165, 1.54) is 18.4 Å². The van der Waals surface area contributed by atoms with Gasteiger partial charge in [0.15, 0.2) is 0 Å². The van der Waals surface area contributed by atoms with Gasteiger partial charge in [-0.3, -0.25) is 4.79 Å². The number of amides is 1. The van der Waals surface area contributed by atoms with Crippen LogP contribution in [0, 0.1) is 5.92 Å². The zero-order valence-electron chi connectivity index (χ0n) is 11.5. The minimum Gasteiger partial charge on any atom is -0.366 e. The average molecular weight is 257 g/mol. The molecule has 2 N–H and O–H groups in total. The first-order chi connectivity index (χ1) is 9.27. The van der Waals surface area contributed by atoms with Crippen molar-refractivity contribution in [1.29, 1.82) is 0 Å². The lowest BCUT2D eigenvalue weighted by Crippen LogP contribution is -2.19. The summed E-state index contributed by atoms with van der Waals surface area (Å²) in [5.74, 6) is 0.209. The summed E-state index contributed by atoms with van der Waals surface area (Å²) in [5.41, 5.74) is 7.74. The van der Waals surface area contributed by atoms with Gasteiger partial charge in [0.2, 0.25) is 5.91 Å². The topological polar surface area (TPSA) is 43.1 Å². The predicted molar refractivity (Wildman–Crippen MR) is 78.6 cm³/mol. The summed E-state index contributed by atoms with van der Waals surface area (Å²) in [7, 11) is 0. The highest BCUT2D eigenvalue weighted by atomic mass is 16.1. The molecule has 0 radical (unpaired) electrons. The Labute approximate surface area is 115 Å². The molecule has 1 fully saturated rings. The van der Waals surface area contributed by atoms with E-state index in [-0.39, 0.29) is 5.91 Å². The lowest BCUT2D eigenvalue weighted by molar-refractivity contribution is -0.115. The lowest BCUT2D eigenvalue weighted by atomic mass is 9.95. The normalized spacial score (nSPS) is 16.7. The fourth-order valence-electron chi connectivity index (χ4n) is 2.91. The number of rotatable bonds is 6. The van der Waals surface area contributed by atoms with E-state index in [1.807, 2.05) is 6.07 Å². The number of carbonyl (C=O) groups excluding carboxylic acids is 1. The Morgan fingerprint density at radius 1 is 1.21 bits per heavy atom. The Bertz CT molecular complexity index is 430. The van der Waals surface area contributed by atoms with E-state index >= 15 is 0 Å². The molecule has 0 atom stereocenters. The van der Waals surface area contributed by atoms with E-state index in [9.17, 15) is 4.79 Å². The first kappa shape index (κ1) is 13.9. The van der Waals surface area contributed by atoms with Crippen LogP contribution in [0.5, 0.6) is 0 Å². The molecule has 102 valence electrons. The van der Waals surface area contributed by atoms with E-state index in [0.717, 1.165) is 37.7 Å². The standard InChI is InChI=1S/C17H23NO/c18-17(19)16(15-11-5-6-12-15)13-7-4-10-14-8-2-1-3-9-14/h1-3,8-9,13,15H,4-7,10-12H2,(H2,18,19)/b16-13+. The molecule has 19 heavy (non-hydrogen) atoms. The number of primary amides is 1. The van der Waals surface area contributed by atoms with Gasteiger partial charge in [0.05, 0.1) is 0 Å². The lowest BCUT2D eigenvalue weighted by Gasteiger charge is -2.11. The smallest absolute Gasteiger partial charge is 0.244 e. The third-order valence-electron chi connectivity index (χ3n) is 3.96. The molecule has 1 saturated carbocycles. The minimum atomic E-state index is -0.216. The molecular weight excluding hydrogens is 234 g/mol. The summed E-state index contributed by atoms with van der Waals surface area (Å²) in [5, 5.41) is 0. The van der Waals surface area contributed by atoms with Gasteiger partial charge in [-0.25, -0.2) is 0 Å². The molecule has 0 aromatic heterocycles. The number of allylic oxidation sites excluding steroid dienone is 1. The third-order valence-corrected chi connectivity index (χ3v) is 3.96. The van der Waals surface area contributed by atoms with Gasteiger partial charge in [-0.1, -0.05) is 49.2 Å². The van der Waals surface area contributed by atoms with E-state index in [1.54, 1.807) is 0 Å². The van der Waals surface area contributed by atoms with E-state index in [2.05, 4.69) is 30.3 Å². The SMILES string of the molecule is NC(=O)/C(=C/CCCc1ccccc1)C1CCCC1. The Hall–Kier alpha value is -1.57. The predicted octanol–water partition coefficient (Wildman–Crippen LogP) is 3.61. The molecule has 2 rings (SSSR count). The summed E-state index contributed by atoms with van der Waals surface area (Å²) in [6, 6.07) is 10.5. The first-order valence-electron chi connectivity index (χ1n) is 7.31. The molecule has 0 unspecified atom stereocenters. The summed E-state index contributed by atoms with van der Waals surface area (Å²) < 4.78 is 0. The monoisotopic (exact) mass is 257 g/mol. The second-order valence-electron chi connectivity index (χ2n) is 5.38. The van der Waals surface area contributed by atoms with E-state index < -0.39 is 0 Å². The Morgan fingerprint density at radius 2 is 1.89 bits per heavy atom. The summed E-state index contributed by atoms with van der Waals surface area (Å²) in [6.45, 7) is 0. The molecule has 0 spiro atoms. The van der Waals surface area contributed by atoms with Crippen molar-refractivity contribution in [3.8, 4) is 0 Å². The molecule has 2 heteroatoms. The van der Waals surface area contributed by atoms with Crippen LogP contribution in [0.3, 0.4) is 0 Å². The van der Waals surface area contributed by atoms with Crippen LogP contribution < -0.4 is 5.73 Å². The zero-order valence-corrected chi connectivity index (χ0v) is 11.5. The Balaban J connectivity index is 1.83. The molecule has 0 saturated heterocycles. The van der Waals surface area contributed by atoms with Crippen LogP contribution in [-0.2, 0) is 11.2 Å². The molecule has 0 aliphatic heterocycles. The van der Waals surface area contributed by atoms with Crippen LogP contribution in [0.1, 0.15) is 44.1 Å². The fraction of sp³-hybridized carbons (Fsp3) is 0.471. The van der Waals surface area contributed by atoms with Crippen molar-refractivity contribution >= 4 is 5.91 Å². The maximum atomic E-state index is 11.5. The molecule has 0 heterocycles. The number of nitrogens with two attached hydrogens (primary N) is 1. The average Bonchev–Trinajstić information content (AvgIpc) is 2.93. The number of hydrogen-bond acceptors (Lipinski definition) is 1. The zero-order chi connectivity index (χ0) is 13.5. The molecule has 1 aromatic carbocycles. The van der Waals surface area contributed by atoms with Crippen LogP contribution >= 0.6 is 0 Å². The molecular formula is C17H23NO. The maximum Gasteiger partial charge on any atom is 0.244 e. The number of unbranched alkanes of at least 4 members (excludes halogenated alkanes) is 1. The van der Waals surface area contributed by atoms with Gasteiger partial charge in [-0.2, -0.15) is 0 Å². The Kier molecular flexibility index (Phi) is 5.20. The highest BCUT2D eigenvalue weighted by molar-refractivity contribution is 5.92. The van der Waals surface area contributed by atoms with Crippen molar-refractivity contribution in [2.75, 3.05) is 0 Å². The number of aryl methyl sites for hydroxylation is 1. The van der Waals surface area contributed by atoms with Gasteiger partial charge in [0.1, 0.15) is 0 Å². The van der Waals surface area contributed by atoms with Crippen molar-refractivity contribution in [2.45, 2.75) is 44.9 Å². The quantitative estimate of drug-likeness (QED) is 0.614. The molecule has 1 aliphatic rings. The van der Waals surface area contributed by atoms with Crippen molar-refractivity contribution in [3.63, 3.8) is 0 Å². The van der Waals surface area contributed by atoms with Gasteiger partial charge in [0, 0.05) is 5.57 Å². The van der Waals surface area contributed by atoms with Crippen LogP contribution in [0.25, 0.3) is 0 Å². The highest BCUT2D eigenvalue weighted by Gasteiger charge is 2.22. The fourth-order valence-corrected chi connectivity index (χ4v) is 2.91. The van der Waals surface area contributed by atoms with Crippen molar-refractivity contribution in [2.24, 2.45) is 11.7 Å². The second-order valence-corrected chi connectivity index (χ2v) is 5.38. The number of carbonyl (C=O) groups is 1. The highest BCUT2D eigenvalue weighted by Crippen LogP contribution is 2.31. The van der Waals surface area contributed by atoms with Gasteiger partial charge in [0.25, 0.3) is 0 Å². The molecule has 1 aromatic rings. The van der Waals surface area contributed by atoms with Gasteiger partial charge in [-0.05, 0) is 43.6 Å². The molecule has 2 nitrogen and oxygen atoms in total. The van der Waals surface area contributed by atoms with E-state index in [4.69, 9.17) is 5.73 Å². The van der Waals surface area contributed by atoms with Gasteiger partial charge in [-0.15, -0.1) is 0 Å². The van der Waals surface area contributed by atoms with Crippen LogP contribution in [0.15, 0.2) is 42.0 Å². The summed E-state index contributed by atoms with van der Waals surface area (Å²) in [4.78, 5) is 11.5. The minimum absolute atomic E-state index is 0.216. The van der Waals surface area contributed by atoms with Crippen LogP contribution in [0.4, 0.5) is 0 Å². The van der Waals surface area contributed by atoms with Crippen molar-refractivity contribution in [3.05, 3.63) is 47.5 Å². The first-order valence-corrected chi connectivity index (χ1v) is 7.31. The summed E-state index contributed by atoms with van der Waals surface area (Å²) >= 11 is 0. The van der Waals surface area contributed by atoms with Crippen molar-refractivity contribution < 1.29 is 4.79 Å². The number of hydrogen-bond donors (Lipinski definition) is 1. The molecule has 0 bridgehead atoms. The maximum absolute atomic E-state index is 11.5. The third kappa shape index (κ3) is 4.23. The number of benzene rings is 1.